The van der Waals surface area contributed by atoms with Crippen LogP contribution in [0.5, 0.6) is 0 Å². The molecule has 4 aromatic rings. The van der Waals surface area contributed by atoms with Crippen molar-refractivity contribution in [2.45, 2.75) is 13.8 Å². The highest BCUT2D eigenvalue weighted by Gasteiger charge is 2.26. The molecule has 0 N–H and O–H groups in total. The van der Waals surface area contributed by atoms with E-state index in [4.69, 9.17) is 5.10 Å². The van der Waals surface area contributed by atoms with Gasteiger partial charge in [0.15, 0.2) is 0 Å². The van der Waals surface area contributed by atoms with E-state index in [-0.39, 0.29) is 5.91 Å². The Hall–Kier alpha value is -3.80. The van der Waals surface area contributed by atoms with Crippen molar-refractivity contribution in [3.05, 3.63) is 96.1 Å². The van der Waals surface area contributed by atoms with Gasteiger partial charge in [0, 0.05) is 49.8 Å². The highest BCUT2D eigenvalue weighted by atomic mass is 16.2. The van der Waals surface area contributed by atoms with Gasteiger partial charge in [-0.15, -0.1) is 0 Å². The van der Waals surface area contributed by atoms with Crippen molar-refractivity contribution in [1.82, 2.24) is 19.2 Å². The highest BCUT2D eigenvalue weighted by molar-refractivity contribution is 5.94. The van der Waals surface area contributed by atoms with Crippen molar-refractivity contribution in [2.75, 3.05) is 31.1 Å². The van der Waals surface area contributed by atoms with Crippen LogP contribution < -0.4 is 4.90 Å². The smallest absolute Gasteiger partial charge is 0.253 e. The Balaban J connectivity index is 1.27. The predicted molar refractivity (Wildman–Crippen MR) is 127 cm³/mol. The van der Waals surface area contributed by atoms with E-state index < -0.39 is 0 Å². The third kappa shape index (κ3) is 3.68. The normalized spacial score (nSPS) is 14.1. The van der Waals surface area contributed by atoms with E-state index >= 15 is 0 Å². The topological polar surface area (TPSA) is 46.3 Å². The second-order valence-corrected chi connectivity index (χ2v) is 8.18. The lowest BCUT2D eigenvalue weighted by molar-refractivity contribution is 0.0747. The van der Waals surface area contributed by atoms with Crippen LogP contribution >= 0.6 is 0 Å². The van der Waals surface area contributed by atoms with Gasteiger partial charge < -0.3 is 14.4 Å². The fourth-order valence-electron chi connectivity index (χ4n) is 4.51. The Morgan fingerprint density at radius 3 is 2.09 bits per heavy atom. The Morgan fingerprint density at radius 2 is 1.44 bits per heavy atom. The van der Waals surface area contributed by atoms with Crippen molar-refractivity contribution >= 4 is 11.6 Å². The van der Waals surface area contributed by atoms with Crippen molar-refractivity contribution < 1.29 is 4.79 Å². The van der Waals surface area contributed by atoms with Gasteiger partial charge in [0.1, 0.15) is 0 Å². The molecule has 0 aliphatic carbocycles. The Kier molecular flexibility index (Phi) is 5.27. The average molecular weight is 426 g/mol. The lowest BCUT2D eigenvalue weighted by Crippen LogP contribution is -2.49. The molecule has 0 atom stereocenters. The minimum atomic E-state index is 0.0946. The fraction of sp³-hybridized carbons (Fsp3) is 0.231. The number of hydrogen-bond acceptors (Lipinski definition) is 3. The maximum atomic E-state index is 13.0. The Morgan fingerprint density at radius 1 is 0.781 bits per heavy atom. The van der Waals surface area contributed by atoms with Gasteiger partial charge in [0.2, 0.25) is 0 Å². The first-order chi connectivity index (χ1) is 15.6. The first kappa shape index (κ1) is 20.1. The summed E-state index contributed by atoms with van der Waals surface area (Å²) in [6.45, 7) is 7.18. The van der Waals surface area contributed by atoms with Crippen LogP contribution in [0.15, 0.2) is 79.1 Å². The van der Waals surface area contributed by atoms with Gasteiger partial charge in [0.25, 0.3) is 5.91 Å². The van der Waals surface area contributed by atoms with E-state index in [1.807, 2.05) is 81.1 Å². The molecule has 5 rings (SSSR count). The van der Waals surface area contributed by atoms with Crippen LogP contribution in [0.1, 0.15) is 21.7 Å². The molecule has 2 aromatic carbocycles. The maximum Gasteiger partial charge on any atom is 0.253 e. The van der Waals surface area contributed by atoms with Crippen LogP contribution in [0.3, 0.4) is 0 Å². The molecule has 1 saturated heterocycles. The minimum Gasteiger partial charge on any atom is -0.365 e. The molecule has 0 radical (unpaired) electrons. The number of hydrogen-bond donors (Lipinski definition) is 0. The summed E-state index contributed by atoms with van der Waals surface area (Å²) in [4.78, 5) is 17.4. The molecule has 0 saturated carbocycles. The SMILES string of the molecule is Cc1nn(-c2ccccc2)c(C)c1N1CCN(C(=O)c2ccc(-n3cccc3)cc2)CC1. The zero-order chi connectivity index (χ0) is 22.1. The number of amides is 1. The van der Waals surface area contributed by atoms with E-state index in [1.54, 1.807) is 0 Å². The number of nitrogens with zero attached hydrogens (tertiary/aromatic N) is 5. The molecular weight excluding hydrogens is 398 g/mol. The summed E-state index contributed by atoms with van der Waals surface area (Å²) < 4.78 is 4.04. The van der Waals surface area contributed by atoms with Gasteiger partial charge in [-0.1, -0.05) is 18.2 Å². The number of anilines is 1. The van der Waals surface area contributed by atoms with Crippen molar-refractivity contribution in [2.24, 2.45) is 0 Å². The minimum absolute atomic E-state index is 0.0946. The number of rotatable bonds is 4. The van der Waals surface area contributed by atoms with Crippen LogP contribution in [0.25, 0.3) is 11.4 Å². The summed E-state index contributed by atoms with van der Waals surface area (Å²) >= 11 is 0. The summed E-state index contributed by atoms with van der Waals surface area (Å²) in [6.07, 6.45) is 4.00. The summed E-state index contributed by atoms with van der Waals surface area (Å²) in [6, 6.07) is 22.0. The van der Waals surface area contributed by atoms with Crippen LogP contribution in [0.2, 0.25) is 0 Å². The van der Waals surface area contributed by atoms with Gasteiger partial charge >= 0.3 is 0 Å². The molecular formula is C26H27N5O. The molecule has 6 nitrogen and oxygen atoms in total. The molecule has 32 heavy (non-hydrogen) atoms. The third-order valence-electron chi connectivity index (χ3n) is 6.15. The first-order valence-corrected chi connectivity index (χ1v) is 11.0. The van der Waals surface area contributed by atoms with Gasteiger partial charge in [-0.05, 0) is 62.4 Å². The van der Waals surface area contributed by atoms with Crippen LogP contribution in [0.4, 0.5) is 5.69 Å². The van der Waals surface area contributed by atoms with Crippen LogP contribution in [-0.2, 0) is 0 Å². The second kappa shape index (κ2) is 8.38. The molecule has 1 aliphatic rings. The van der Waals surface area contributed by atoms with Crippen molar-refractivity contribution in [3.8, 4) is 11.4 Å². The number of carbonyl (C=O) groups excluding carboxylic acids is 1. The monoisotopic (exact) mass is 425 g/mol. The molecule has 1 fully saturated rings. The summed E-state index contributed by atoms with van der Waals surface area (Å²) in [7, 11) is 0. The lowest BCUT2D eigenvalue weighted by Gasteiger charge is -2.36. The molecule has 1 aliphatic heterocycles. The van der Waals surface area contributed by atoms with E-state index in [2.05, 4.69) is 30.9 Å². The first-order valence-electron chi connectivity index (χ1n) is 11.0. The van der Waals surface area contributed by atoms with E-state index in [0.717, 1.165) is 41.4 Å². The summed E-state index contributed by atoms with van der Waals surface area (Å²) in [5, 5.41) is 4.78. The van der Waals surface area contributed by atoms with E-state index in [0.29, 0.717) is 13.1 Å². The second-order valence-electron chi connectivity index (χ2n) is 8.18. The van der Waals surface area contributed by atoms with Crippen LogP contribution in [0, 0.1) is 13.8 Å². The highest BCUT2D eigenvalue weighted by Crippen LogP contribution is 2.28. The summed E-state index contributed by atoms with van der Waals surface area (Å²) in [5.74, 6) is 0.0946. The lowest BCUT2D eigenvalue weighted by atomic mass is 10.1. The summed E-state index contributed by atoms with van der Waals surface area (Å²) in [5.41, 5.74) is 6.19. The Labute approximate surface area is 188 Å². The number of aryl methyl sites for hydroxylation is 1. The molecule has 2 aromatic heterocycles. The standard InChI is InChI=1S/C26H27N5O/c1-20-25(21(2)31(27-20)24-8-4-3-5-9-24)29-16-18-30(19-17-29)26(32)22-10-12-23(13-11-22)28-14-6-7-15-28/h3-15H,16-19H2,1-2H3. The molecule has 162 valence electrons. The quantitative estimate of drug-likeness (QED) is 0.491. The van der Waals surface area contributed by atoms with E-state index in [9.17, 15) is 4.79 Å². The molecule has 6 heteroatoms. The predicted octanol–water partition coefficient (Wildman–Crippen LogP) is 4.24. The number of aromatic nitrogens is 3. The number of piperazine rings is 1. The van der Waals surface area contributed by atoms with Gasteiger partial charge in [-0.2, -0.15) is 5.10 Å². The van der Waals surface area contributed by atoms with Crippen molar-refractivity contribution in [3.63, 3.8) is 0 Å². The number of para-hydroxylation sites is 1. The molecule has 0 spiro atoms. The molecule has 0 bridgehead atoms. The maximum absolute atomic E-state index is 13.0. The van der Waals surface area contributed by atoms with Gasteiger partial charge in [0.05, 0.1) is 22.8 Å². The third-order valence-corrected chi connectivity index (χ3v) is 6.15. The van der Waals surface area contributed by atoms with Crippen LogP contribution in [-0.4, -0.2) is 51.3 Å². The zero-order valence-electron chi connectivity index (χ0n) is 18.5. The van der Waals surface area contributed by atoms with Gasteiger partial charge in [-0.3, -0.25) is 4.79 Å². The molecule has 3 heterocycles. The zero-order valence-corrected chi connectivity index (χ0v) is 18.5. The largest absolute Gasteiger partial charge is 0.365 e. The molecule has 0 unspecified atom stereocenters. The number of benzene rings is 2. The van der Waals surface area contributed by atoms with E-state index in [1.165, 1.54) is 5.69 Å². The molecule has 1 amide bonds. The number of carbonyl (C=O) groups is 1. The average Bonchev–Trinajstić information content (AvgIpc) is 3.48. The van der Waals surface area contributed by atoms with Gasteiger partial charge in [-0.25, -0.2) is 4.68 Å². The Bertz CT molecular complexity index is 1200. The fourth-order valence-corrected chi connectivity index (χ4v) is 4.51. The van der Waals surface area contributed by atoms with Crippen molar-refractivity contribution in [1.29, 1.82) is 0 Å².